The van der Waals surface area contributed by atoms with Crippen molar-refractivity contribution in [2.75, 3.05) is 13.9 Å². The Morgan fingerprint density at radius 2 is 2.00 bits per heavy atom. The standard InChI is InChI=1S/C15H13FO3/c1-18-10-19-15-5-3-2-4-13(15)11-6-7-14(16)12(8-11)9-17/h2-9H,10H2,1H3. The minimum Gasteiger partial charge on any atom is -0.467 e. The maximum Gasteiger partial charge on any atom is 0.188 e. The number of para-hydroxylation sites is 1. The molecule has 0 aromatic heterocycles. The molecule has 0 atom stereocenters. The molecule has 2 aromatic carbocycles. The first-order valence-corrected chi connectivity index (χ1v) is 5.72. The molecule has 19 heavy (non-hydrogen) atoms. The van der Waals surface area contributed by atoms with Gasteiger partial charge >= 0.3 is 0 Å². The van der Waals surface area contributed by atoms with E-state index in [9.17, 15) is 9.18 Å². The molecule has 0 bridgehead atoms. The summed E-state index contributed by atoms with van der Waals surface area (Å²) in [5.41, 5.74) is 1.52. The van der Waals surface area contributed by atoms with E-state index >= 15 is 0 Å². The van der Waals surface area contributed by atoms with Gasteiger partial charge in [-0.05, 0) is 23.8 Å². The van der Waals surface area contributed by atoms with Gasteiger partial charge in [-0.15, -0.1) is 0 Å². The average molecular weight is 260 g/mol. The Hall–Kier alpha value is -2.20. The van der Waals surface area contributed by atoms with Gasteiger partial charge < -0.3 is 9.47 Å². The Morgan fingerprint density at radius 3 is 2.74 bits per heavy atom. The molecule has 0 fully saturated rings. The lowest BCUT2D eigenvalue weighted by Crippen LogP contribution is -2.00. The lowest BCUT2D eigenvalue weighted by atomic mass is 10.0. The van der Waals surface area contributed by atoms with E-state index in [1.165, 1.54) is 19.2 Å². The van der Waals surface area contributed by atoms with Gasteiger partial charge in [0.25, 0.3) is 0 Å². The highest BCUT2D eigenvalue weighted by molar-refractivity contribution is 5.80. The smallest absolute Gasteiger partial charge is 0.188 e. The number of carbonyl (C=O) groups excluding carboxylic acids is 1. The van der Waals surface area contributed by atoms with Crippen molar-refractivity contribution in [3.8, 4) is 16.9 Å². The number of hydrogen-bond donors (Lipinski definition) is 0. The molecule has 0 saturated heterocycles. The number of hydrogen-bond acceptors (Lipinski definition) is 3. The Kier molecular flexibility index (Phi) is 4.26. The lowest BCUT2D eigenvalue weighted by molar-refractivity contribution is 0.0515. The lowest BCUT2D eigenvalue weighted by Gasteiger charge is -2.11. The summed E-state index contributed by atoms with van der Waals surface area (Å²) in [7, 11) is 1.53. The average Bonchev–Trinajstić information content (AvgIpc) is 2.46. The predicted molar refractivity (Wildman–Crippen MR) is 69.7 cm³/mol. The van der Waals surface area contributed by atoms with Crippen molar-refractivity contribution in [2.24, 2.45) is 0 Å². The van der Waals surface area contributed by atoms with Crippen LogP contribution in [0.1, 0.15) is 10.4 Å². The van der Waals surface area contributed by atoms with E-state index in [0.717, 1.165) is 11.1 Å². The Morgan fingerprint density at radius 1 is 1.21 bits per heavy atom. The third kappa shape index (κ3) is 2.98. The molecule has 98 valence electrons. The first-order valence-electron chi connectivity index (χ1n) is 5.72. The van der Waals surface area contributed by atoms with Gasteiger partial charge in [-0.3, -0.25) is 4.79 Å². The van der Waals surface area contributed by atoms with Crippen molar-refractivity contribution in [2.45, 2.75) is 0 Å². The summed E-state index contributed by atoms with van der Waals surface area (Å²) in [6, 6.07) is 11.7. The summed E-state index contributed by atoms with van der Waals surface area (Å²) in [6.07, 6.45) is 0.497. The summed E-state index contributed by atoms with van der Waals surface area (Å²) < 4.78 is 23.6. The highest BCUT2D eigenvalue weighted by Gasteiger charge is 2.08. The minimum atomic E-state index is -0.533. The van der Waals surface area contributed by atoms with E-state index in [0.29, 0.717) is 12.0 Å². The van der Waals surface area contributed by atoms with Gasteiger partial charge in [0, 0.05) is 12.7 Å². The zero-order valence-electron chi connectivity index (χ0n) is 10.4. The van der Waals surface area contributed by atoms with E-state index in [4.69, 9.17) is 9.47 Å². The molecule has 0 heterocycles. The molecule has 0 amide bonds. The quantitative estimate of drug-likeness (QED) is 0.611. The zero-order valence-corrected chi connectivity index (χ0v) is 10.4. The molecule has 0 N–H and O–H groups in total. The van der Waals surface area contributed by atoms with Gasteiger partial charge in [0.05, 0.1) is 5.56 Å². The highest BCUT2D eigenvalue weighted by atomic mass is 19.1. The predicted octanol–water partition coefficient (Wildman–Crippen LogP) is 3.29. The molecule has 4 heteroatoms. The van der Waals surface area contributed by atoms with Gasteiger partial charge in [0.1, 0.15) is 11.6 Å². The number of methoxy groups -OCH3 is 1. The Balaban J connectivity index is 2.43. The van der Waals surface area contributed by atoms with Crippen LogP contribution in [0.15, 0.2) is 42.5 Å². The molecule has 0 radical (unpaired) electrons. The molecule has 0 aliphatic heterocycles. The Labute approximate surface area is 110 Å². The summed E-state index contributed by atoms with van der Waals surface area (Å²) >= 11 is 0. The number of carbonyl (C=O) groups is 1. The topological polar surface area (TPSA) is 35.5 Å². The van der Waals surface area contributed by atoms with Crippen molar-refractivity contribution >= 4 is 6.29 Å². The number of rotatable bonds is 5. The van der Waals surface area contributed by atoms with Crippen molar-refractivity contribution in [3.05, 3.63) is 53.8 Å². The number of ether oxygens (including phenoxy) is 2. The van der Waals surface area contributed by atoms with Crippen LogP contribution in [-0.4, -0.2) is 20.2 Å². The van der Waals surface area contributed by atoms with Gasteiger partial charge in [0.2, 0.25) is 0 Å². The van der Waals surface area contributed by atoms with E-state index < -0.39 is 5.82 Å². The van der Waals surface area contributed by atoms with Crippen LogP contribution in [0.4, 0.5) is 4.39 Å². The number of benzene rings is 2. The largest absolute Gasteiger partial charge is 0.467 e. The first kappa shape index (κ1) is 13.2. The van der Waals surface area contributed by atoms with Gasteiger partial charge in [-0.25, -0.2) is 4.39 Å². The van der Waals surface area contributed by atoms with Crippen molar-refractivity contribution in [1.82, 2.24) is 0 Å². The molecule has 0 unspecified atom stereocenters. The molecular weight excluding hydrogens is 247 g/mol. The third-order valence-corrected chi connectivity index (χ3v) is 2.65. The van der Waals surface area contributed by atoms with Crippen LogP contribution in [0.25, 0.3) is 11.1 Å². The molecule has 0 aliphatic rings. The monoisotopic (exact) mass is 260 g/mol. The summed E-state index contributed by atoms with van der Waals surface area (Å²) in [5, 5.41) is 0. The molecule has 2 aromatic rings. The Bertz CT molecular complexity index is 581. The van der Waals surface area contributed by atoms with Crippen molar-refractivity contribution in [3.63, 3.8) is 0 Å². The van der Waals surface area contributed by atoms with E-state index in [2.05, 4.69) is 0 Å². The SMILES string of the molecule is COCOc1ccccc1-c1ccc(F)c(C=O)c1. The summed E-state index contributed by atoms with van der Waals surface area (Å²) in [5.74, 6) is 0.0850. The second kappa shape index (κ2) is 6.11. The second-order valence-electron chi connectivity index (χ2n) is 3.90. The fourth-order valence-electron chi connectivity index (χ4n) is 1.75. The van der Waals surface area contributed by atoms with Crippen molar-refractivity contribution < 1.29 is 18.7 Å². The normalized spacial score (nSPS) is 10.2. The van der Waals surface area contributed by atoms with Crippen LogP contribution in [0.2, 0.25) is 0 Å². The van der Waals surface area contributed by atoms with Crippen LogP contribution in [0, 0.1) is 5.82 Å². The number of halogens is 1. The van der Waals surface area contributed by atoms with E-state index in [-0.39, 0.29) is 12.4 Å². The van der Waals surface area contributed by atoms with Crippen LogP contribution >= 0.6 is 0 Å². The van der Waals surface area contributed by atoms with Crippen molar-refractivity contribution in [1.29, 1.82) is 0 Å². The molecule has 3 nitrogen and oxygen atoms in total. The van der Waals surface area contributed by atoms with Crippen LogP contribution in [0.3, 0.4) is 0 Å². The van der Waals surface area contributed by atoms with Crippen LogP contribution in [-0.2, 0) is 4.74 Å². The van der Waals surface area contributed by atoms with Gasteiger partial charge in [0.15, 0.2) is 13.1 Å². The summed E-state index contributed by atoms with van der Waals surface area (Å²) in [6.45, 7) is 0.124. The fraction of sp³-hybridized carbons (Fsp3) is 0.133. The van der Waals surface area contributed by atoms with Gasteiger partial charge in [-0.2, -0.15) is 0 Å². The molecular formula is C15H13FO3. The van der Waals surface area contributed by atoms with Crippen LogP contribution in [0.5, 0.6) is 5.75 Å². The zero-order chi connectivity index (χ0) is 13.7. The maximum atomic E-state index is 13.3. The molecule has 0 spiro atoms. The second-order valence-corrected chi connectivity index (χ2v) is 3.90. The summed E-state index contributed by atoms with van der Waals surface area (Å²) in [4.78, 5) is 10.8. The van der Waals surface area contributed by atoms with Crippen LogP contribution < -0.4 is 4.74 Å². The molecule has 0 aliphatic carbocycles. The fourth-order valence-corrected chi connectivity index (χ4v) is 1.75. The first-order chi connectivity index (χ1) is 9.26. The highest BCUT2D eigenvalue weighted by Crippen LogP contribution is 2.30. The molecule has 2 rings (SSSR count). The van der Waals surface area contributed by atoms with E-state index in [1.807, 2.05) is 18.2 Å². The van der Waals surface area contributed by atoms with E-state index in [1.54, 1.807) is 12.1 Å². The minimum absolute atomic E-state index is 0.0269. The number of aldehydes is 1. The van der Waals surface area contributed by atoms with Gasteiger partial charge in [-0.1, -0.05) is 24.3 Å². The third-order valence-electron chi connectivity index (χ3n) is 2.65. The maximum absolute atomic E-state index is 13.3. The molecule has 0 saturated carbocycles.